The molecule has 0 fully saturated rings. The molecule has 0 saturated heterocycles. The van der Waals surface area contributed by atoms with Gasteiger partial charge in [0.15, 0.2) is 6.10 Å². The lowest BCUT2D eigenvalue weighted by Crippen LogP contribution is -2.36. The molecule has 1 atom stereocenters. The van der Waals surface area contributed by atoms with Crippen molar-refractivity contribution >= 4 is 23.5 Å². The van der Waals surface area contributed by atoms with E-state index in [0.717, 1.165) is 0 Å². The van der Waals surface area contributed by atoms with Crippen LogP contribution in [-0.2, 0) is 4.79 Å². The number of halogens is 1. The summed E-state index contributed by atoms with van der Waals surface area (Å²) in [7, 11) is 0. The van der Waals surface area contributed by atoms with Crippen LogP contribution in [-0.4, -0.2) is 34.7 Å². The fourth-order valence-electron chi connectivity index (χ4n) is 1.23. The minimum atomic E-state index is -1.61. The van der Waals surface area contributed by atoms with Gasteiger partial charge in [-0.15, -0.1) is 0 Å². The Morgan fingerprint density at radius 3 is 2.71 bits per heavy atom. The molecule has 1 rings (SSSR count). The highest BCUT2D eigenvalue weighted by atomic mass is 35.5. The molecular formula is C11H12ClNO4. The normalized spacial score (nSPS) is 11.9. The molecule has 0 aliphatic heterocycles. The van der Waals surface area contributed by atoms with Crippen LogP contribution < -0.4 is 5.32 Å². The molecule has 0 saturated carbocycles. The van der Waals surface area contributed by atoms with E-state index in [1.807, 2.05) is 0 Å². The first-order valence-corrected chi connectivity index (χ1v) is 5.25. The van der Waals surface area contributed by atoms with Crippen LogP contribution in [0.2, 0.25) is 5.02 Å². The highest BCUT2D eigenvalue weighted by Crippen LogP contribution is 2.18. The zero-order valence-electron chi connectivity index (χ0n) is 9.11. The van der Waals surface area contributed by atoms with Gasteiger partial charge in [0.05, 0.1) is 6.54 Å². The summed E-state index contributed by atoms with van der Waals surface area (Å²) in [6.45, 7) is 1.34. The predicted octanol–water partition coefficient (Wildman–Crippen LogP) is 0.824. The first-order chi connectivity index (χ1) is 7.93. The largest absolute Gasteiger partial charge is 0.479 e. The molecule has 0 aliphatic rings. The number of nitrogens with one attached hydrogen (secondary N) is 1. The van der Waals surface area contributed by atoms with Gasteiger partial charge in [0, 0.05) is 10.6 Å². The molecule has 17 heavy (non-hydrogen) atoms. The average Bonchev–Trinajstić information content (AvgIpc) is 2.29. The van der Waals surface area contributed by atoms with Crippen LogP contribution in [0.1, 0.15) is 15.9 Å². The van der Waals surface area contributed by atoms with Gasteiger partial charge in [-0.1, -0.05) is 17.7 Å². The van der Waals surface area contributed by atoms with Gasteiger partial charge in [0.2, 0.25) is 0 Å². The molecule has 0 radical (unpaired) electrons. The summed E-state index contributed by atoms with van der Waals surface area (Å²) in [5, 5.41) is 20.2. The molecule has 0 spiro atoms. The van der Waals surface area contributed by atoms with Crippen LogP contribution in [0.3, 0.4) is 0 Å². The summed E-state index contributed by atoms with van der Waals surface area (Å²) >= 11 is 5.85. The summed E-state index contributed by atoms with van der Waals surface area (Å²) in [6.07, 6.45) is -1.61. The Morgan fingerprint density at radius 1 is 1.47 bits per heavy atom. The van der Waals surface area contributed by atoms with Crippen molar-refractivity contribution < 1.29 is 19.8 Å². The van der Waals surface area contributed by atoms with E-state index in [1.165, 1.54) is 0 Å². The van der Waals surface area contributed by atoms with Crippen LogP contribution in [0.25, 0.3) is 0 Å². The average molecular weight is 258 g/mol. The summed E-state index contributed by atoms with van der Waals surface area (Å²) in [6, 6.07) is 4.85. The van der Waals surface area contributed by atoms with Gasteiger partial charge in [-0.2, -0.15) is 0 Å². The van der Waals surface area contributed by atoms with E-state index in [4.69, 9.17) is 21.8 Å². The third-order valence-corrected chi connectivity index (χ3v) is 2.66. The van der Waals surface area contributed by atoms with Crippen LogP contribution in [0.15, 0.2) is 18.2 Å². The van der Waals surface area contributed by atoms with E-state index in [2.05, 4.69) is 5.32 Å². The van der Waals surface area contributed by atoms with E-state index in [-0.39, 0.29) is 6.54 Å². The molecule has 0 bridgehead atoms. The van der Waals surface area contributed by atoms with Crippen molar-refractivity contribution in [2.24, 2.45) is 0 Å². The molecule has 92 valence electrons. The first-order valence-electron chi connectivity index (χ1n) is 4.87. The number of rotatable bonds is 4. The van der Waals surface area contributed by atoms with Crippen molar-refractivity contribution in [3.8, 4) is 0 Å². The van der Waals surface area contributed by atoms with Gasteiger partial charge in [0.1, 0.15) is 0 Å². The Hall–Kier alpha value is -1.59. The standard InChI is InChI=1S/C11H12ClNO4/c1-6-7(3-2-4-8(6)12)10(15)13-5-9(14)11(16)17/h2-4,9,14H,5H2,1H3,(H,13,15)(H,16,17)/t9-/m0/s1. The number of hydrogen-bond acceptors (Lipinski definition) is 3. The van der Waals surface area contributed by atoms with Crippen molar-refractivity contribution in [2.45, 2.75) is 13.0 Å². The van der Waals surface area contributed by atoms with E-state index < -0.39 is 18.0 Å². The second kappa shape index (κ2) is 5.65. The topological polar surface area (TPSA) is 86.6 Å². The van der Waals surface area contributed by atoms with Crippen molar-refractivity contribution in [1.82, 2.24) is 5.32 Å². The summed E-state index contributed by atoms with van der Waals surface area (Å²) < 4.78 is 0. The molecule has 1 aromatic rings. The van der Waals surface area contributed by atoms with Crippen LogP contribution >= 0.6 is 11.6 Å². The first kappa shape index (κ1) is 13.5. The molecule has 0 unspecified atom stereocenters. The number of hydrogen-bond donors (Lipinski definition) is 3. The SMILES string of the molecule is Cc1c(Cl)cccc1C(=O)NC[C@H](O)C(=O)O. The van der Waals surface area contributed by atoms with Crippen LogP contribution in [0.5, 0.6) is 0 Å². The number of carboxylic acid groups (broad SMARTS) is 1. The van der Waals surface area contributed by atoms with Crippen LogP contribution in [0.4, 0.5) is 0 Å². The monoisotopic (exact) mass is 257 g/mol. The third kappa shape index (κ3) is 3.44. The summed E-state index contributed by atoms with van der Waals surface area (Å²) in [4.78, 5) is 22.0. The predicted molar refractivity (Wildman–Crippen MR) is 62.2 cm³/mol. The lowest BCUT2D eigenvalue weighted by Gasteiger charge is -2.10. The Kier molecular flexibility index (Phi) is 4.48. The smallest absolute Gasteiger partial charge is 0.334 e. The number of amides is 1. The van der Waals surface area contributed by atoms with Crippen LogP contribution in [0, 0.1) is 6.92 Å². The van der Waals surface area contributed by atoms with Gasteiger partial charge >= 0.3 is 5.97 Å². The number of carbonyl (C=O) groups excluding carboxylic acids is 1. The molecule has 6 heteroatoms. The summed E-state index contributed by atoms with van der Waals surface area (Å²) in [5.41, 5.74) is 0.964. The van der Waals surface area contributed by atoms with Crippen molar-refractivity contribution in [3.63, 3.8) is 0 Å². The fraction of sp³-hybridized carbons (Fsp3) is 0.273. The van der Waals surface area contributed by atoms with E-state index >= 15 is 0 Å². The number of aliphatic hydroxyl groups is 1. The highest BCUT2D eigenvalue weighted by Gasteiger charge is 2.16. The van der Waals surface area contributed by atoms with Gasteiger partial charge in [-0.25, -0.2) is 4.79 Å². The van der Waals surface area contributed by atoms with Gasteiger partial charge < -0.3 is 15.5 Å². The van der Waals surface area contributed by atoms with Gasteiger partial charge in [-0.3, -0.25) is 4.79 Å². The Morgan fingerprint density at radius 2 is 2.12 bits per heavy atom. The maximum Gasteiger partial charge on any atom is 0.334 e. The lowest BCUT2D eigenvalue weighted by atomic mass is 10.1. The second-order valence-corrected chi connectivity index (χ2v) is 3.88. The molecule has 0 heterocycles. The minimum Gasteiger partial charge on any atom is -0.479 e. The quantitative estimate of drug-likeness (QED) is 0.745. The number of aliphatic hydroxyl groups excluding tert-OH is 1. The van der Waals surface area contributed by atoms with E-state index in [9.17, 15) is 9.59 Å². The molecule has 1 aromatic carbocycles. The fourth-order valence-corrected chi connectivity index (χ4v) is 1.40. The van der Waals surface area contributed by atoms with Crippen molar-refractivity contribution in [1.29, 1.82) is 0 Å². The van der Waals surface area contributed by atoms with Gasteiger partial charge in [0.25, 0.3) is 5.91 Å². The number of aliphatic carboxylic acids is 1. The molecular weight excluding hydrogens is 246 g/mol. The Bertz CT molecular complexity index is 447. The summed E-state index contributed by atoms with van der Waals surface area (Å²) in [5.74, 6) is -1.85. The van der Waals surface area contributed by atoms with Crippen molar-refractivity contribution in [2.75, 3.05) is 6.54 Å². The molecule has 5 nitrogen and oxygen atoms in total. The number of carboxylic acids is 1. The highest BCUT2D eigenvalue weighted by molar-refractivity contribution is 6.31. The number of carbonyl (C=O) groups is 2. The van der Waals surface area contributed by atoms with Gasteiger partial charge in [-0.05, 0) is 24.6 Å². The lowest BCUT2D eigenvalue weighted by molar-refractivity contribution is -0.146. The van der Waals surface area contributed by atoms with E-state index in [1.54, 1.807) is 25.1 Å². The number of benzene rings is 1. The molecule has 3 N–H and O–H groups in total. The zero-order valence-corrected chi connectivity index (χ0v) is 9.86. The molecule has 1 amide bonds. The molecule has 0 aromatic heterocycles. The van der Waals surface area contributed by atoms with Crippen molar-refractivity contribution in [3.05, 3.63) is 34.3 Å². The minimum absolute atomic E-state index is 0.347. The third-order valence-electron chi connectivity index (χ3n) is 2.25. The van der Waals surface area contributed by atoms with E-state index in [0.29, 0.717) is 16.1 Å². The second-order valence-electron chi connectivity index (χ2n) is 3.48. The molecule has 0 aliphatic carbocycles. The Labute approximate surface area is 103 Å². The maximum absolute atomic E-state index is 11.7. The zero-order chi connectivity index (χ0) is 13.0. The maximum atomic E-state index is 11.7. The Balaban J connectivity index is 2.71.